The molecule has 0 saturated carbocycles. The van der Waals surface area contributed by atoms with Crippen molar-refractivity contribution in [3.63, 3.8) is 0 Å². The highest BCUT2D eigenvalue weighted by atomic mass is 79.9. The number of rotatable bonds is 1. The normalized spacial score (nSPS) is 8.10. The van der Waals surface area contributed by atoms with Crippen molar-refractivity contribution in [1.29, 1.82) is 0 Å². The molecular formula is C8H9BrO. The molecule has 1 aromatic rings. The Labute approximate surface area is 70.8 Å². The zero-order chi connectivity index (χ0) is 6.69. The number of carbonyl (C=O) groups is 1. The first-order valence-electron chi connectivity index (χ1n) is 2.86. The second-order valence-corrected chi connectivity index (χ2v) is 1.92. The lowest BCUT2D eigenvalue weighted by Gasteiger charge is -1.89. The van der Waals surface area contributed by atoms with Crippen molar-refractivity contribution >= 4 is 22.8 Å². The summed E-state index contributed by atoms with van der Waals surface area (Å²) < 4.78 is 0. The average Bonchev–Trinajstić information content (AvgIpc) is 1.90. The van der Waals surface area contributed by atoms with Crippen LogP contribution in [0.4, 0.5) is 0 Å². The highest BCUT2D eigenvalue weighted by molar-refractivity contribution is 8.93. The maximum absolute atomic E-state index is 10.6. The van der Waals surface area contributed by atoms with E-state index in [9.17, 15) is 4.79 Å². The summed E-state index contributed by atoms with van der Waals surface area (Å²) in [6.07, 6.45) is 0. The van der Waals surface area contributed by atoms with Gasteiger partial charge in [0.1, 0.15) is 0 Å². The van der Waals surface area contributed by atoms with E-state index in [0.717, 1.165) is 5.56 Å². The molecule has 0 radical (unpaired) electrons. The summed E-state index contributed by atoms with van der Waals surface area (Å²) in [7, 11) is 0. The first-order valence-corrected chi connectivity index (χ1v) is 2.86. The largest absolute Gasteiger partial charge is 0.295 e. The molecule has 1 nitrogen and oxygen atoms in total. The van der Waals surface area contributed by atoms with Crippen molar-refractivity contribution < 1.29 is 4.79 Å². The van der Waals surface area contributed by atoms with E-state index in [0.29, 0.717) is 0 Å². The predicted molar refractivity (Wildman–Crippen MR) is 46.8 cm³/mol. The Hall–Kier alpha value is -0.630. The SMILES string of the molecule is Br.CC(=O)c1ccccc1. The van der Waals surface area contributed by atoms with Crippen molar-refractivity contribution in [2.75, 3.05) is 0 Å². The summed E-state index contributed by atoms with van der Waals surface area (Å²) in [5.74, 6) is 0.121. The van der Waals surface area contributed by atoms with Crippen LogP contribution in [0.5, 0.6) is 0 Å². The molecule has 0 heterocycles. The molecule has 1 rings (SSSR count). The minimum atomic E-state index is 0. The molecule has 0 aliphatic heterocycles. The van der Waals surface area contributed by atoms with E-state index < -0.39 is 0 Å². The standard InChI is InChI=1S/C8H8O.BrH/c1-7(9)8-5-3-2-4-6-8;/h2-6H,1H3;1H. The molecule has 0 aromatic heterocycles. The fourth-order valence-electron chi connectivity index (χ4n) is 0.673. The molecular weight excluding hydrogens is 192 g/mol. The van der Waals surface area contributed by atoms with Gasteiger partial charge in [0.25, 0.3) is 0 Å². The van der Waals surface area contributed by atoms with E-state index in [2.05, 4.69) is 0 Å². The number of Topliss-reactive ketones (excluding diaryl/α,β-unsaturated/α-hetero) is 1. The first-order chi connectivity index (χ1) is 4.30. The van der Waals surface area contributed by atoms with Gasteiger partial charge in [0.15, 0.2) is 5.78 Å². The van der Waals surface area contributed by atoms with Gasteiger partial charge in [-0.05, 0) is 6.92 Å². The van der Waals surface area contributed by atoms with Crippen molar-refractivity contribution in [2.24, 2.45) is 0 Å². The fourth-order valence-corrected chi connectivity index (χ4v) is 0.673. The van der Waals surface area contributed by atoms with Crippen LogP contribution in [-0.4, -0.2) is 5.78 Å². The van der Waals surface area contributed by atoms with Gasteiger partial charge in [0.05, 0.1) is 0 Å². The molecule has 1 aromatic carbocycles. The number of benzene rings is 1. The number of halogens is 1. The van der Waals surface area contributed by atoms with Crippen LogP contribution in [-0.2, 0) is 0 Å². The van der Waals surface area contributed by atoms with Gasteiger partial charge in [-0.25, -0.2) is 0 Å². The van der Waals surface area contributed by atoms with Gasteiger partial charge < -0.3 is 0 Å². The topological polar surface area (TPSA) is 17.1 Å². The van der Waals surface area contributed by atoms with Crippen LogP contribution in [0.3, 0.4) is 0 Å². The molecule has 0 spiro atoms. The number of hydrogen-bond donors (Lipinski definition) is 0. The highest BCUT2D eigenvalue weighted by Crippen LogP contribution is 1.97. The van der Waals surface area contributed by atoms with Crippen LogP contribution < -0.4 is 0 Å². The lowest BCUT2D eigenvalue weighted by atomic mass is 10.2. The predicted octanol–water partition coefficient (Wildman–Crippen LogP) is 2.47. The molecule has 10 heavy (non-hydrogen) atoms. The number of carbonyl (C=O) groups excluding carboxylic acids is 1. The van der Waals surface area contributed by atoms with Gasteiger partial charge in [-0.2, -0.15) is 0 Å². The second kappa shape index (κ2) is 4.23. The smallest absolute Gasteiger partial charge is 0.159 e. The Morgan fingerprint density at radius 3 is 2.00 bits per heavy atom. The molecule has 0 aliphatic rings. The summed E-state index contributed by atoms with van der Waals surface area (Å²) in [4.78, 5) is 10.6. The van der Waals surface area contributed by atoms with E-state index in [-0.39, 0.29) is 22.8 Å². The zero-order valence-electron chi connectivity index (χ0n) is 5.70. The summed E-state index contributed by atoms with van der Waals surface area (Å²) in [5.41, 5.74) is 0.775. The highest BCUT2D eigenvalue weighted by Gasteiger charge is 1.92. The van der Waals surface area contributed by atoms with Crippen molar-refractivity contribution in [3.8, 4) is 0 Å². The average molecular weight is 201 g/mol. The Balaban J connectivity index is 0.000000810. The molecule has 0 amide bonds. The van der Waals surface area contributed by atoms with Crippen LogP contribution in [0.1, 0.15) is 17.3 Å². The summed E-state index contributed by atoms with van der Waals surface area (Å²) in [6, 6.07) is 9.23. The van der Waals surface area contributed by atoms with Crippen LogP contribution in [0.25, 0.3) is 0 Å². The molecule has 0 unspecified atom stereocenters. The van der Waals surface area contributed by atoms with Crippen LogP contribution in [0, 0.1) is 0 Å². The van der Waals surface area contributed by atoms with Gasteiger partial charge in [-0.15, -0.1) is 17.0 Å². The molecule has 0 atom stereocenters. The third-order valence-electron chi connectivity index (χ3n) is 1.18. The van der Waals surface area contributed by atoms with E-state index in [1.165, 1.54) is 0 Å². The molecule has 54 valence electrons. The van der Waals surface area contributed by atoms with E-state index in [4.69, 9.17) is 0 Å². The summed E-state index contributed by atoms with van der Waals surface area (Å²) in [6.45, 7) is 1.56. The van der Waals surface area contributed by atoms with Gasteiger partial charge in [0.2, 0.25) is 0 Å². The van der Waals surface area contributed by atoms with Crippen molar-refractivity contribution in [3.05, 3.63) is 35.9 Å². The molecule has 2 heteroatoms. The van der Waals surface area contributed by atoms with Crippen LogP contribution >= 0.6 is 17.0 Å². The maximum Gasteiger partial charge on any atom is 0.159 e. The van der Waals surface area contributed by atoms with Crippen molar-refractivity contribution in [2.45, 2.75) is 6.92 Å². The number of ketones is 1. The van der Waals surface area contributed by atoms with E-state index in [1.54, 1.807) is 6.92 Å². The second-order valence-electron chi connectivity index (χ2n) is 1.92. The summed E-state index contributed by atoms with van der Waals surface area (Å²) >= 11 is 0. The third-order valence-corrected chi connectivity index (χ3v) is 1.18. The van der Waals surface area contributed by atoms with Crippen LogP contribution in [0.15, 0.2) is 30.3 Å². The Bertz CT molecular complexity index is 206. The monoisotopic (exact) mass is 200 g/mol. The minimum Gasteiger partial charge on any atom is -0.295 e. The Kier molecular flexibility index (Phi) is 3.96. The molecule has 0 saturated heterocycles. The summed E-state index contributed by atoms with van der Waals surface area (Å²) in [5, 5.41) is 0. The third kappa shape index (κ3) is 2.31. The lowest BCUT2D eigenvalue weighted by molar-refractivity contribution is 0.101. The van der Waals surface area contributed by atoms with E-state index in [1.807, 2.05) is 30.3 Å². The van der Waals surface area contributed by atoms with Gasteiger partial charge >= 0.3 is 0 Å². The maximum atomic E-state index is 10.6. The molecule has 0 fully saturated rings. The van der Waals surface area contributed by atoms with Gasteiger partial charge in [-0.3, -0.25) is 4.79 Å². The molecule has 0 N–H and O–H groups in total. The van der Waals surface area contributed by atoms with Crippen molar-refractivity contribution in [1.82, 2.24) is 0 Å². The van der Waals surface area contributed by atoms with Gasteiger partial charge in [0, 0.05) is 5.56 Å². The first kappa shape index (κ1) is 9.37. The quantitative estimate of drug-likeness (QED) is 0.638. The van der Waals surface area contributed by atoms with Crippen LogP contribution in [0.2, 0.25) is 0 Å². The number of hydrogen-bond acceptors (Lipinski definition) is 1. The van der Waals surface area contributed by atoms with E-state index >= 15 is 0 Å². The Morgan fingerprint density at radius 2 is 1.70 bits per heavy atom. The Morgan fingerprint density at radius 1 is 1.20 bits per heavy atom. The molecule has 0 bridgehead atoms. The van der Waals surface area contributed by atoms with Gasteiger partial charge in [-0.1, -0.05) is 30.3 Å². The lowest BCUT2D eigenvalue weighted by Crippen LogP contribution is -1.88. The molecule has 0 aliphatic carbocycles. The fraction of sp³-hybridized carbons (Fsp3) is 0.125. The zero-order valence-corrected chi connectivity index (χ0v) is 7.42. The minimum absolute atomic E-state index is 0.